The lowest BCUT2D eigenvalue weighted by molar-refractivity contribution is -0.138. The van der Waals surface area contributed by atoms with Gasteiger partial charge < -0.3 is 9.80 Å². The number of benzene rings is 2. The minimum atomic E-state index is 0.0395. The van der Waals surface area contributed by atoms with E-state index >= 15 is 0 Å². The summed E-state index contributed by atoms with van der Waals surface area (Å²) >= 11 is 7.60. The van der Waals surface area contributed by atoms with Gasteiger partial charge >= 0.3 is 0 Å². The Morgan fingerprint density at radius 2 is 1.71 bits per heavy atom. The van der Waals surface area contributed by atoms with Gasteiger partial charge in [-0.05, 0) is 43.0 Å². The molecule has 1 saturated heterocycles. The second kappa shape index (κ2) is 11.5. The molecule has 0 saturated carbocycles. The topological polar surface area (TPSA) is 71.3 Å². The predicted molar refractivity (Wildman–Crippen MR) is 134 cm³/mol. The molecule has 2 aromatic carbocycles. The van der Waals surface area contributed by atoms with E-state index in [4.69, 9.17) is 11.6 Å². The number of aromatic nitrogens is 3. The molecular formula is C25H28ClN5O2S. The molecule has 4 rings (SSSR count). The van der Waals surface area contributed by atoms with Crippen LogP contribution in [0.25, 0.3) is 5.69 Å². The number of rotatable bonds is 8. The smallest absolute Gasteiger partial charge is 0.233 e. The molecule has 1 aliphatic heterocycles. The molecule has 0 bridgehead atoms. The normalized spacial score (nSPS) is 13.8. The molecule has 0 unspecified atom stereocenters. The molecule has 1 fully saturated rings. The highest BCUT2D eigenvalue weighted by Crippen LogP contribution is 2.24. The van der Waals surface area contributed by atoms with Crippen LogP contribution in [-0.2, 0) is 16.0 Å². The first-order valence-corrected chi connectivity index (χ1v) is 12.8. The zero-order valence-electron chi connectivity index (χ0n) is 19.2. The van der Waals surface area contributed by atoms with Crippen LogP contribution in [0.5, 0.6) is 0 Å². The average Bonchev–Trinajstić information content (AvgIpc) is 3.33. The average molecular weight is 498 g/mol. The molecule has 0 aliphatic carbocycles. The Labute approximate surface area is 209 Å². The Bertz CT molecular complexity index is 1130. The van der Waals surface area contributed by atoms with Gasteiger partial charge in [-0.1, -0.05) is 59.8 Å². The molecule has 3 aromatic rings. The number of piperazine rings is 1. The summed E-state index contributed by atoms with van der Waals surface area (Å²) in [5, 5.41) is 9.46. The van der Waals surface area contributed by atoms with Crippen molar-refractivity contribution in [3.05, 3.63) is 71.0 Å². The fourth-order valence-corrected chi connectivity index (χ4v) is 4.91. The van der Waals surface area contributed by atoms with Gasteiger partial charge in [0.1, 0.15) is 6.33 Å². The second-order valence-corrected chi connectivity index (χ2v) is 9.66. The SMILES string of the molecule is Cc1ccc(-n2cnnc2SCC(=O)N2CCN(C(=O)CCCc3ccccc3)CC2)cc1Cl. The van der Waals surface area contributed by atoms with Gasteiger partial charge in [0.2, 0.25) is 11.8 Å². The van der Waals surface area contributed by atoms with Gasteiger partial charge in [0.25, 0.3) is 0 Å². The highest BCUT2D eigenvalue weighted by molar-refractivity contribution is 7.99. The molecule has 2 amide bonds. The minimum absolute atomic E-state index is 0.0395. The lowest BCUT2D eigenvalue weighted by Crippen LogP contribution is -2.51. The Hall–Kier alpha value is -2.84. The molecule has 0 radical (unpaired) electrons. The molecule has 34 heavy (non-hydrogen) atoms. The van der Waals surface area contributed by atoms with Crippen LogP contribution in [0.1, 0.15) is 24.0 Å². The van der Waals surface area contributed by atoms with Crippen LogP contribution in [0, 0.1) is 6.92 Å². The predicted octanol–water partition coefficient (Wildman–Crippen LogP) is 4.01. The Morgan fingerprint density at radius 1 is 1.00 bits per heavy atom. The standard InChI is InChI=1S/C25H28ClN5O2S/c1-19-10-11-21(16-22(19)26)31-18-27-28-25(31)34-17-24(33)30-14-12-29(13-15-30)23(32)9-5-8-20-6-3-2-4-7-20/h2-4,6-7,10-11,16,18H,5,8-9,12-15,17H2,1H3. The molecule has 178 valence electrons. The van der Waals surface area contributed by atoms with E-state index in [0.29, 0.717) is 42.8 Å². The Morgan fingerprint density at radius 3 is 2.41 bits per heavy atom. The van der Waals surface area contributed by atoms with Crippen molar-refractivity contribution < 1.29 is 9.59 Å². The summed E-state index contributed by atoms with van der Waals surface area (Å²) in [6, 6.07) is 16.0. The van der Waals surface area contributed by atoms with Crippen molar-refractivity contribution in [2.45, 2.75) is 31.3 Å². The lowest BCUT2D eigenvalue weighted by atomic mass is 10.1. The van der Waals surface area contributed by atoms with Crippen molar-refractivity contribution in [1.82, 2.24) is 24.6 Å². The quantitative estimate of drug-likeness (QED) is 0.440. The first-order valence-electron chi connectivity index (χ1n) is 11.4. The third-order valence-electron chi connectivity index (χ3n) is 5.96. The van der Waals surface area contributed by atoms with Gasteiger partial charge in [-0.15, -0.1) is 10.2 Å². The molecule has 0 atom stereocenters. The number of nitrogens with zero attached hydrogens (tertiary/aromatic N) is 5. The number of thioether (sulfide) groups is 1. The summed E-state index contributed by atoms with van der Waals surface area (Å²) in [7, 11) is 0. The zero-order chi connectivity index (χ0) is 23.9. The van der Waals surface area contributed by atoms with E-state index in [0.717, 1.165) is 24.1 Å². The fourth-order valence-electron chi connectivity index (χ4n) is 3.90. The molecule has 0 N–H and O–H groups in total. The molecule has 7 nitrogen and oxygen atoms in total. The Balaban J connectivity index is 1.22. The number of carbonyl (C=O) groups excluding carboxylic acids is 2. The van der Waals surface area contributed by atoms with Crippen molar-refractivity contribution in [3.8, 4) is 5.69 Å². The van der Waals surface area contributed by atoms with Crippen molar-refractivity contribution in [2.24, 2.45) is 0 Å². The third-order valence-corrected chi connectivity index (χ3v) is 7.29. The maximum atomic E-state index is 12.8. The van der Waals surface area contributed by atoms with Crippen molar-refractivity contribution in [2.75, 3.05) is 31.9 Å². The summed E-state index contributed by atoms with van der Waals surface area (Å²) in [5.41, 5.74) is 3.11. The Kier molecular flexibility index (Phi) is 8.24. The number of carbonyl (C=O) groups is 2. The molecule has 1 aromatic heterocycles. The lowest BCUT2D eigenvalue weighted by Gasteiger charge is -2.34. The highest BCUT2D eigenvalue weighted by atomic mass is 35.5. The van der Waals surface area contributed by atoms with Crippen LogP contribution in [0.2, 0.25) is 5.02 Å². The molecule has 0 spiro atoms. The summed E-state index contributed by atoms with van der Waals surface area (Å²) in [6.07, 6.45) is 3.90. The van der Waals surface area contributed by atoms with Crippen LogP contribution >= 0.6 is 23.4 Å². The van der Waals surface area contributed by atoms with Crippen LogP contribution in [0.3, 0.4) is 0 Å². The summed E-state index contributed by atoms with van der Waals surface area (Å²) in [5.74, 6) is 0.475. The van der Waals surface area contributed by atoms with Crippen molar-refractivity contribution in [1.29, 1.82) is 0 Å². The van der Waals surface area contributed by atoms with E-state index in [2.05, 4.69) is 22.3 Å². The van der Waals surface area contributed by atoms with Gasteiger partial charge in [0.15, 0.2) is 5.16 Å². The van der Waals surface area contributed by atoms with Gasteiger partial charge in [0.05, 0.1) is 11.4 Å². The molecular weight excluding hydrogens is 470 g/mol. The van der Waals surface area contributed by atoms with Gasteiger partial charge in [0, 0.05) is 37.6 Å². The number of hydrogen-bond donors (Lipinski definition) is 0. The van der Waals surface area contributed by atoms with E-state index in [9.17, 15) is 9.59 Å². The van der Waals surface area contributed by atoms with E-state index in [1.165, 1.54) is 17.3 Å². The first-order chi connectivity index (χ1) is 16.5. The largest absolute Gasteiger partial charge is 0.339 e. The summed E-state index contributed by atoms with van der Waals surface area (Å²) < 4.78 is 1.83. The maximum Gasteiger partial charge on any atom is 0.233 e. The van der Waals surface area contributed by atoms with Crippen LogP contribution in [0.4, 0.5) is 0 Å². The molecule has 9 heteroatoms. The van der Waals surface area contributed by atoms with E-state index in [-0.39, 0.29) is 17.6 Å². The van der Waals surface area contributed by atoms with Gasteiger partial charge in [-0.2, -0.15) is 0 Å². The van der Waals surface area contributed by atoms with Gasteiger partial charge in [-0.25, -0.2) is 0 Å². The van der Waals surface area contributed by atoms with Crippen molar-refractivity contribution >= 4 is 35.2 Å². The molecule has 2 heterocycles. The van der Waals surface area contributed by atoms with E-state index in [1.54, 1.807) is 6.33 Å². The van der Waals surface area contributed by atoms with E-state index in [1.807, 2.05) is 57.7 Å². The summed E-state index contributed by atoms with van der Waals surface area (Å²) in [4.78, 5) is 29.0. The minimum Gasteiger partial charge on any atom is -0.339 e. The second-order valence-electron chi connectivity index (χ2n) is 8.31. The molecule has 1 aliphatic rings. The maximum absolute atomic E-state index is 12.8. The first kappa shape index (κ1) is 24.3. The van der Waals surface area contributed by atoms with Crippen LogP contribution in [0.15, 0.2) is 60.0 Å². The monoisotopic (exact) mass is 497 g/mol. The van der Waals surface area contributed by atoms with Crippen LogP contribution < -0.4 is 0 Å². The fraction of sp³-hybridized carbons (Fsp3) is 0.360. The highest BCUT2D eigenvalue weighted by Gasteiger charge is 2.24. The number of amides is 2. The zero-order valence-corrected chi connectivity index (χ0v) is 20.8. The number of halogens is 1. The van der Waals surface area contributed by atoms with Crippen molar-refractivity contribution in [3.63, 3.8) is 0 Å². The summed E-state index contributed by atoms with van der Waals surface area (Å²) in [6.45, 7) is 4.23. The van der Waals surface area contributed by atoms with E-state index < -0.39 is 0 Å². The number of aryl methyl sites for hydroxylation is 2. The number of hydrogen-bond acceptors (Lipinski definition) is 5. The van der Waals surface area contributed by atoms with Gasteiger partial charge in [-0.3, -0.25) is 14.2 Å². The van der Waals surface area contributed by atoms with Crippen LogP contribution in [-0.4, -0.2) is 68.3 Å². The third kappa shape index (κ3) is 6.18.